The normalized spacial score (nSPS) is 13.2. The van der Waals surface area contributed by atoms with Crippen LogP contribution in [-0.2, 0) is 76.5 Å². The van der Waals surface area contributed by atoms with E-state index in [1.807, 2.05) is 0 Å². The molecular formula is C57H98N6O22. The van der Waals surface area contributed by atoms with Crippen LogP contribution >= 0.6 is 0 Å². The molecule has 0 radical (unpaired) electrons. The summed E-state index contributed by atoms with van der Waals surface area (Å²) in [6.45, 7) is 3.19. The number of ketones is 1. The lowest BCUT2D eigenvalue weighted by Gasteiger charge is -2.19. The monoisotopic (exact) mass is 1220 g/mol. The van der Waals surface area contributed by atoms with E-state index in [-0.39, 0.29) is 123 Å². The van der Waals surface area contributed by atoms with E-state index in [2.05, 4.69) is 31.9 Å². The van der Waals surface area contributed by atoms with Crippen molar-refractivity contribution in [3.63, 3.8) is 0 Å². The van der Waals surface area contributed by atoms with E-state index in [1.165, 1.54) is 32.6 Å². The Balaban J connectivity index is 4.04. The number of ether oxygens (including phenoxy) is 4. The summed E-state index contributed by atoms with van der Waals surface area (Å²) < 4.78 is 21.3. The Morgan fingerprint density at radius 3 is 1.24 bits per heavy atom. The van der Waals surface area contributed by atoms with Crippen molar-refractivity contribution in [1.82, 2.24) is 31.9 Å². The van der Waals surface area contributed by atoms with Gasteiger partial charge in [0.25, 0.3) is 0 Å². The largest absolute Gasteiger partial charge is 0.481 e. The number of aliphatic hydroxyl groups is 1. The number of nitrogens with one attached hydrogen (secondary N) is 6. The molecule has 28 heteroatoms. The van der Waals surface area contributed by atoms with Gasteiger partial charge < -0.3 is 81.5 Å². The van der Waals surface area contributed by atoms with Gasteiger partial charge in [0.15, 0.2) is 11.8 Å². The molecule has 28 nitrogen and oxygen atoms in total. The number of carboxylic acids is 5. The van der Waals surface area contributed by atoms with E-state index in [9.17, 15) is 78.0 Å². The summed E-state index contributed by atoms with van der Waals surface area (Å²) in [5.41, 5.74) is 0. The predicted molar refractivity (Wildman–Crippen MR) is 306 cm³/mol. The second-order valence-corrected chi connectivity index (χ2v) is 21.0. The van der Waals surface area contributed by atoms with Gasteiger partial charge in [0.05, 0.1) is 39.1 Å². The van der Waals surface area contributed by atoms with Crippen LogP contribution in [0.2, 0.25) is 0 Å². The lowest BCUT2D eigenvalue weighted by atomic mass is 10.0. The minimum atomic E-state index is -1.43. The number of hydrogen-bond acceptors (Lipinski definition) is 17. The lowest BCUT2D eigenvalue weighted by Crippen LogP contribution is -2.49. The Morgan fingerprint density at radius 1 is 0.353 bits per heavy atom. The summed E-state index contributed by atoms with van der Waals surface area (Å²) >= 11 is 0. The number of hydrogen-bond donors (Lipinski definition) is 12. The third kappa shape index (κ3) is 46.6. The fourth-order valence-electron chi connectivity index (χ4n) is 8.34. The summed E-state index contributed by atoms with van der Waals surface area (Å²) in [6, 6.07) is -5.53. The third-order valence-electron chi connectivity index (χ3n) is 13.4. The maximum absolute atomic E-state index is 12.6. The highest BCUT2D eigenvalue weighted by atomic mass is 16.5. The highest BCUT2D eigenvalue weighted by Gasteiger charge is 2.28. The van der Waals surface area contributed by atoms with E-state index >= 15 is 0 Å². The average molecular weight is 1220 g/mol. The Morgan fingerprint density at radius 2 is 0.765 bits per heavy atom. The molecule has 12 N–H and O–H groups in total. The van der Waals surface area contributed by atoms with Crippen LogP contribution in [0.4, 0.5) is 0 Å². The van der Waals surface area contributed by atoms with Crippen LogP contribution < -0.4 is 31.9 Å². The zero-order chi connectivity index (χ0) is 63.6. The Kier molecular flexibility index (Phi) is 47.1. The second-order valence-electron chi connectivity index (χ2n) is 21.0. The first-order chi connectivity index (χ1) is 40.5. The quantitative estimate of drug-likeness (QED) is 0.0390. The maximum Gasteiger partial charge on any atom is 0.328 e. The molecule has 85 heavy (non-hydrogen) atoms. The van der Waals surface area contributed by atoms with Crippen molar-refractivity contribution in [2.45, 2.75) is 217 Å². The van der Waals surface area contributed by atoms with Crippen molar-refractivity contribution < 1.29 is 107 Å². The number of carbonyl (C=O) groups excluding carboxylic acids is 7. The van der Waals surface area contributed by atoms with Crippen LogP contribution in [0.1, 0.15) is 187 Å². The maximum atomic E-state index is 12.6. The van der Waals surface area contributed by atoms with E-state index < -0.39 is 108 Å². The highest BCUT2D eigenvalue weighted by Crippen LogP contribution is 2.15. The van der Waals surface area contributed by atoms with E-state index in [1.54, 1.807) is 6.92 Å². The smallest absolute Gasteiger partial charge is 0.328 e. The average Bonchev–Trinajstić information content (AvgIpc) is 3.49. The van der Waals surface area contributed by atoms with E-state index in [4.69, 9.17) is 29.2 Å². The van der Waals surface area contributed by atoms with Gasteiger partial charge in [-0.3, -0.25) is 38.4 Å². The van der Waals surface area contributed by atoms with Crippen LogP contribution in [0.15, 0.2) is 0 Å². The third-order valence-corrected chi connectivity index (χ3v) is 13.4. The van der Waals surface area contributed by atoms with Gasteiger partial charge in [0.2, 0.25) is 35.4 Å². The van der Waals surface area contributed by atoms with Gasteiger partial charge in [-0.05, 0) is 58.3 Å². The summed E-state index contributed by atoms with van der Waals surface area (Å²) in [5.74, 6) is -10.2. The zero-order valence-corrected chi connectivity index (χ0v) is 49.8. The molecule has 488 valence electrons. The second kappa shape index (κ2) is 50.9. The molecule has 0 rings (SSSR count). The summed E-state index contributed by atoms with van der Waals surface area (Å²) in [7, 11) is 0. The molecule has 0 saturated heterocycles. The van der Waals surface area contributed by atoms with Crippen LogP contribution in [0.3, 0.4) is 0 Å². The summed E-state index contributed by atoms with van der Waals surface area (Å²) in [6.07, 6.45) is 13.9. The molecule has 0 aliphatic carbocycles. The molecule has 0 aliphatic heterocycles. The first kappa shape index (κ1) is 78.6. The van der Waals surface area contributed by atoms with Crippen LogP contribution in [-0.4, -0.2) is 198 Å². The van der Waals surface area contributed by atoms with Crippen LogP contribution in [0.25, 0.3) is 0 Å². The summed E-state index contributed by atoms with van der Waals surface area (Å²) in [5, 5.41) is 70.6. The van der Waals surface area contributed by atoms with Crippen molar-refractivity contribution in [2.24, 2.45) is 5.92 Å². The summed E-state index contributed by atoms with van der Waals surface area (Å²) in [4.78, 5) is 143. The molecule has 0 aromatic carbocycles. The van der Waals surface area contributed by atoms with Crippen LogP contribution in [0, 0.1) is 5.92 Å². The molecule has 0 saturated carbocycles. The topological polar surface area (TPSA) is 435 Å². The van der Waals surface area contributed by atoms with Crippen molar-refractivity contribution in [2.75, 3.05) is 65.9 Å². The predicted octanol–water partition coefficient (Wildman–Crippen LogP) is 2.77. The Labute approximate surface area is 498 Å². The van der Waals surface area contributed by atoms with Crippen molar-refractivity contribution >= 4 is 71.1 Å². The molecule has 0 bridgehead atoms. The van der Waals surface area contributed by atoms with Gasteiger partial charge in [0.1, 0.15) is 31.3 Å². The number of carboxylic acid groups (broad SMARTS) is 5. The first-order valence-electron chi connectivity index (χ1n) is 29.9. The number of aliphatic hydroxyl groups excluding tert-OH is 1. The van der Waals surface area contributed by atoms with Gasteiger partial charge >= 0.3 is 29.8 Å². The molecule has 6 amide bonds. The molecule has 0 heterocycles. The van der Waals surface area contributed by atoms with Crippen molar-refractivity contribution in [3.8, 4) is 0 Å². The van der Waals surface area contributed by atoms with Gasteiger partial charge in [-0.15, -0.1) is 0 Å². The van der Waals surface area contributed by atoms with Gasteiger partial charge in [-0.2, -0.15) is 0 Å². The number of amides is 6. The molecular weight excluding hydrogens is 1120 g/mol. The minimum Gasteiger partial charge on any atom is -0.481 e. The molecule has 0 aromatic rings. The van der Waals surface area contributed by atoms with Gasteiger partial charge in [-0.25, -0.2) is 19.2 Å². The van der Waals surface area contributed by atoms with E-state index in [0.29, 0.717) is 32.1 Å². The van der Waals surface area contributed by atoms with Crippen molar-refractivity contribution in [3.05, 3.63) is 0 Å². The van der Waals surface area contributed by atoms with Crippen molar-refractivity contribution in [1.29, 1.82) is 0 Å². The molecule has 0 unspecified atom stereocenters. The molecule has 0 spiro atoms. The fourth-order valence-corrected chi connectivity index (χ4v) is 8.34. The van der Waals surface area contributed by atoms with Gasteiger partial charge in [-0.1, -0.05) is 90.4 Å². The minimum absolute atomic E-state index is 0.00561. The standard InChI is InChI=1S/C57H98N6O22/c1-40(53(73)63-52(41(2)64)57(80)81)20-17-18-30-58-46(66)27-25-45(56(78)79)62-50(70)39-85-37-34-82-32-19-21-42(65)38-84-36-35-83-33-31-59-47(67)28-24-43(54(74)75)61-49(69)29-26-44(55(76)77)60-48(68)22-15-13-11-9-7-5-3-4-6-8-10-12-14-16-23-51(71)72/h40-41,43-45,52,64H,3-39H2,1-2H3,(H,58,66)(H,59,67)(H,60,68)(H,61,69)(H,62,70)(H,63,73)(H,71,72)(H,74,75)(H,76,77)(H,78,79)(H,80,81)/t40-,41+,43-,44-,45-,52-/m0/s1. The number of carbonyl (C=O) groups is 12. The van der Waals surface area contributed by atoms with Gasteiger partial charge in [0, 0.05) is 64.1 Å². The number of rotatable bonds is 58. The molecule has 0 fully saturated rings. The zero-order valence-electron chi connectivity index (χ0n) is 49.8. The highest BCUT2D eigenvalue weighted by molar-refractivity contribution is 5.87. The number of Topliss-reactive ketones (excluding diaryl/α,β-unsaturated/α-hetero) is 1. The molecule has 0 aliphatic rings. The molecule has 6 atom stereocenters. The SMILES string of the molecule is C[C@@H](CCCCNC(=O)CC[C@H](NC(=O)COCCOCCCC(=O)COCCOCCNC(=O)CC[C@H](NC(=O)CC[C@H](NC(=O)CCCCCCCCCCCCCCCCC(=O)O)C(=O)O)C(=O)O)C(=O)O)C(=O)N[C@H](C(=O)O)[C@@H](C)O. The molecule has 0 aromatic heterocycles. The fraction of sp³-hybridized carbons (Fsp3) is 0.789. The van der Waals surface area contributed by atoms with Crippen LogP contribution in [0.5, 0.6) is 0 Å². The Bertz CT molecular complexity index is 1990. The number of unbranched alkanes of at least 4 members (excludes halogenated alkanes) is 14. The first-order valence-corrected chi connectivity index (χ1v) is 29.9. The lowest BCUT2D eigenvalue weighted by molar-refractivity contribution is -0.145. The van der Waals surface area contributed by atoms with E-state index in [0.717, 1.165) is 57.8 Å². The number of aliphatic carboxylic acids is 5. The Hall–Kier alpha value is -6.36.